The predicted molar refractivity (Wildman–Crippen MR) is 76.8 cm³/mol. The maximum atomic E-state index is 11.9. The van der Waals surface area contributed by atoms with Crippen molar-refractivity contribution < 1.29 is 9.53 Å². The van der Waals surface area contributed by atoms with E-state index in [2.05, 4.69) is 6.58 Å². The molecule has 1 aromatic carbocycles. The highest BCUT2D eigenvalue weighted by Gasteiger charge is 2.33. The van der Waals surface area contributed by atoms with Gasteiger partial charge in [-0.2, -0.15) is 0 Å². The Morgan fingerprint density at radius 2 is 1.74 bits per heavy atom. The lowest BCUT2D eigenvalue weighted by molar-refractivity contribution is -0.112. The number of ether oxygens (including phenoxy) is 1. The average molecular weight is 254 g/mol. The zero-order valence-corrected chi connectivity index (χ0v) is 11.3. The molecule has 0 atom stereocenters. The maximum absolute atomic E-state index is 11.9. The largest absolute Gasteiger partial charge is 0.358 e. The van der Waals surface area contributed by atoms with E-state index < -0.39 is 5.60 Å². The van der Waals surface area contributed by atoms with Gasteiger partial charge in [0.25, 0.3) is 0 Å². The van der Waals surface area contributed by atoms with E-state index in [4.69, 9.17) is 4.74 Å². The molecular formula is C17H18O2. The first-order valence-electron chi connectivity index (χ1n) is 6.33. The third kappa shape index (κ3) is 2.59. The fraction of sp³-hybridized carbons (Fsp3) is 0.235. The summed E-state index contributed by atoms with van der Waals surface area (Å²) in [5.74, 6) is 0.0776. The van der Waals surface area contributed by atoms with Gasteiger partial charge >= 0.3 is 0 Å². The third-order valence-electron chi connectivity index (χ3n) is 3.24. The molecular weight excluding hydrogens is 236 g/mol. The quantitative estimate of drug-likeness (QED) is 0.768. The van der Waals surface area contributed by atoms with Crippen LogP contribution in [0.1, 0.15) is 19.4 Å². The zero-order valence-electron chi connectivity index (χ0n) is 11.3. The molecule has 0 N–H and O–H groups in total. The first-order chi connectivity index (χ1) is 9.09. The number of carbonyl (C=O) groups excluding carboxylic acids is 1. The summed E-state index contributed by atoms with van der Waals surface area (Å²) in [7, 11) is 0. The summed E-state index contributed by atoms with van der Waals surface area (Å²) >= 11 is 0. The molecule has 1 aromatic rings. The minimum atomic E-state index is -0.669. The molecule has 19 heavy (non-hydrogen) atoms. The highest BCUT2D eigenvalue weighted by atomic mass is 16.5. The van der Waals surface area contributed by atoms with Gasteiger partial charge in [-0.25, -0.2) is 0 Å². The Bertz CT molecular complexity index is 528. The molecule has 0 aliphatic heterocycles. The standard InChI is InChI=1S/C17H18O2/c1-4-10-19-17(15-8-6-5-7-9-15)11-13(2)16(18)14(3)12-17/h4-9,11-12H,1,10H2,2-3H3. The highest BCUT2D eigenvalue weighted by molar-refractivity contribution is 6.08. The Kier molecular flexibility index (Phi) is 3.82. The molecule has 1 aliphatic carbocycles. The average Bonchev–Trinajstić information content (AvgIpc) is 2.43. The van der Waals surface area contributed by atoms with E-state index in [0.29, 0.717) is 17.8 Å². The molecule has 0 fully saturated rings. The topological polar surface area (TPSA) is 26.3 Å². The van der Waals surface area contributed by atoms with E-state index in [-0.39, 0.29) is 5.78 Å². The van der Waals surface area contributed by atoms with Gasteiger partial charge < -0.3 is 4.74 Å². The Balaban J connectivity index is 2.53. The van der Waals surface area contributed by atoms with Gasteiger partial charge in [0, 0.05) is 0 Å². The zero-order chi connectivity index (χ0) is 13.9. The Morgan fingerprint density at radius 3 is 2.26 bits per heavy atom. The van der Waals surface area contributed by atoms with Crippen LogP contribution in [0.25, 0.3) is 0 Å². The molecule has 0 bridgehead atoms. The minimum Gasteiger partial charge on any atom is -0.358 e. The number of allylic oxidation sites excluding steroid dienone is 2. The highest BCUT2D eigenvalue weighted by Crippen LogP contribution is 2.35. The first-order valence-corrected chi connectivity index (χ1v) is 6.33. The molecule has 1 aliphatic rings. The van der Waals surface area contributed by atoms with Crippen LogP contribution in [0.5, 0.6) is 0 Å². The third-order valence-corrected chi connectivity index (χ3v) is 3.24. The Morgan fingerprint density at radius 1 is 1.16 bits per heavy atom. The van der Waals surface area contributed by atoms with Gasteiger partial charge in [-0.1, -0.05) is 36.4 Å². The van der Waals surface area contributed by atoms with Crippen molar-refractivity contribution >= 4 is 5.78 Å². The summed E-state index contributed by atoms with van der Waals surface area (Å²) in [5, 5.41) is 0. The van der Waals surface area contributed by atoms with Gasteiger partial charge in [0.05, 0.1) is 6.61 Å². The van der Waals surface area contributed by atoms with Crippen molar-refractivity contribution in [2.45, 2.75) is 19.4 Å². The summed E-state index contributed by atoms with van der Waals surface area (Å²) in [6.45, 7) is 7.77. The SMILES string of the molecule is C=CCOC1(c2ccccc2)C=C(C)C(=O)C(C)=C1. The summed E-state index contributed by atoms with van der Waals surface area (Å²) in [6.07, 6.45) is 5.50. The van der Waals surface area contributed by atoms with Crippen molar-refractivity contribution in [2.75, 3.05) is 6.61 Å². The molecule has 0 saturated heterocycles. The Hall–Kier alpha value is -1.93. The lowest BCUT2D eigenvalue weighted by Crippen LogP contribution is -2.30. The van der Waals surface area contributed by atoms with E-state index >= 15 is 0 Å². The van der Waals surface area contributed by atoms with Crippen LogP contribution in [-0.2, 0) is 15.1 Å². The van der Waals surface area contributed by atoms with Crippen LogP contribution in [0, 0.1) is 0 Å². The van der Waals surface area contributed by atoms with Crippen molar-refractivity contribution in [2.24, 2.45) is 0 Å². The number of Topliss-reactive ketones (excluding diaryl/α,β-unsaturated/α-hetero) is 1. The molecule has 0 heterocycles. The van der Waals surface area contributed by atoms with Crippen molar-refractivity contribution in [1.29, 1.82) is 0 Å². The van der Waals surface area contributed by atoms with E-state index in [1.165, 1.54) is 0 Å². The molecule has 0 spiro atoms. The first kappa shape index (κ1) is 13.5. The fourth-order valence-corrected chi connectivity index (χ4v) is 2.36. The Labute approximate surface area is 114 Å². The lowest BCUT2D eigenvalue weighted by atomic mass is 9.83. The molecule has 98 valence electrons. The van der Waals surface area contributed by atoms with Crippen LogP contribution in [0.3, 0.4) is 0 Å². The minimum absolute atomic E-state index is 0.0776. The van der Waals surface area contributed by atoms with Crippen LogP contribution < -0.4 is 0 Å². The number of benzene rings is 1. The number of hydrogen-bond donors (Lipinski definition) is 0. The smallest absolute Gasteiger partial charge is 0.184 e. The fourth-order valence-electron chi connectivity index (χ4n) is 2.36. The second-order valence-electron chi connectivity index (χ2n) is 4.74. The molecule has 2 nitrogen and oxygen atoms in total. The number of carbonyl (C=O) groups is 1. The van der Waals surface area contributed by atoms with Crippen molar-refractivity contribution in [3.05, 3.63) is 71.8 Å². The van der Waals surface area contributed by atoms with Crippen LogP contribution >= 0.6 is 0 Å². The molecule has 0 amide bonds. The number of hydrogen-bond acceptors (Lipinski definition) is 2. The molecule has 2 heteroatoms. The van der Waals surface area contributed by atoms with E-state index in [1.54, 1.807) is 6.08 Å². The van der Waals surface area contributed by atoms with Crippen molar-refractivity contribution in [3.8, 4) is 0 Å². The van der Waals surface area contributed by atoms with Crippen LogP contribution in [0.4, 0.5) is 0 Å². The summed E-state index contributed by atoms with van der Waals surface area (Å²) in [4.78, 5) is 11.9. The van der Waals surface area contributed by atoms with Crippen LogP contribution in [0.2, 0.25) is 0 Å². The van der Waals surface area contributed by atoms with Gasteiger partial charge in [0.1, 0.15) is 5.60 Å². The van der Waals surface area contributed by atoms with E-state index in [0.717, 1.165) is 5.56 Å². The second-order valence-corrected chi connectivity index (χ2v) is 4.74. The number of ketones is 1. The summed E-state index contributed by atoms with van der Waals surface area (Å²) in [6, 6.07) is 9.92. The second kappa shape index (κ2) is 5.37. The molecule has 0 radical (unpaired) electrons. The molecule has 0 unspecified atom stereocenters. The van der Waals surface area contributed by atoms with Crippen LogP contribution in [0.15, 0.2) is 66.3 Å². The molecule has 2 rings (SSSR count). The normalized spacial score (nSPS) is 17.7. The monoisotopic (exact) mass is 254 g/mol. The molecule has 0 aromatic heterocycles. The van der Waals surface area contributed by atoms with Gasteiger partial charge in [-0.05, 0) is 42.7 Å². The van der Waals surface area contributed by atoms with Crippen LogP contribution in [-0.4, -0.2) is 12.4 Å². The van der Waals surface area contributed by atoms with Gasteiger partial charge in [-0.15, -0.1) is 6.58 Å². The maximum Gasteiger partial charge on any atom is 0.184 e. The lowest BCUT2D eigenvalue weighted by Gasteiger charge is -2.32. The van der Waals surface area contributed by atoms with E-state index in [1.807, 2.05) is 56.3 Å². The summed E-state index contributed by atoms with van der Waals surface area (Å²) < 4.78 is 5.97. The predicted octanol–water partition coefficient (Wildman–Crippen LogP) is 3.56. The number of rotatable bonds is 4. The van der Waals surface area contributed by atoms with Gasteiger partial charge in [0.15, 0.2) is 5.78 Å². The van der Waals surface area contributed by atoms with Crippen molar-refractivity contribution in [3.63, 3.8) is 0 Å². The van der Waals surface area contributed by atoms with Gasteiger partial charge in [0.2, 0.25) is 0 Å². The van der Waals surface area contributed by atoms with E-state index in [9.17, 15) is 4.79 Å². The van der Waals surface area contributed by atoms with Gasteiger partial charge in [-0.3, -0.25) is 4.79 Å². The summed E-state index contributed by atoms with van der Waals surface area (Å²) in [5.41, 5.74) is 1.78. The molecule has 0 saturated carbocycles. The van der Waals surface area contributed by atoms with Crippen molar-refractivity contribution in [1.82, 2.24) is 0 Å².